The number of hydrogen-bond acceptors (Lipinski definition) is 2. The molecule has 2 nitrogen and oxygen atoms in total. The van der Waals surface area contributed by atoms with E-state index in [1.807, 2.05) is 18.2 Å². The van der Waals surface area contributed by atoms with Gasteiger partial charge in [-0.25, -0.2) is 0 Å². The molecule has 0 heterocycles. The van der Waals surface area contributed by atoms with Gasteiger partial charge in [-0.3, -0.25) is 0 Å². The largest absolute Gasteiger partial charge is 0.496 e. The quantitative estimate of drug-likeness (QED) is 0.766. The molecular formula is C15H15IO2. The molecule has 0 aliphatic rings. The number of hydrogen-bond donors (Lipinski definition) is 0. The van der Waals surface area contributed by atoms with Crippen molar-refractivity contribution in [3.63, 3.8) is 0 Å². The zero-order chi connectivity index (χ0) is 13.1. The van der Waals surface area contributed by atoms with Crippen LogP contribution in [0.2, 0.25) is 0 Å². The topological polar surface area (TPSA) is 18.5 Å². The smallest absolute Gasteiger partial charge is 0.130 e. The van der Waals surface area contributed by atoms with Gasteiger partial charge in [0.15, 0.2) is 0 Å². The van der Waals surface area contributed by atoms with Crippen molar-refractivity contribution in [2.75, 3.05) is 14.2 Å². The van der Waals surface area contributed by atoms with E-state index < -0.39 is 0 Å². The van der Waals surface area contributed by atoms with Crippen LogP contribution >= 0.6 is 22.6 Å². The average Bonchev–Trinajstić information content (AvgIpc) is 2.40. The summed E-state index contributed by atoms with van der Waals surface area (Å²) in [5, 5.41) is 0. The monoisotopic (exact) mass is 354 g/mol. The summed E-state index contributed by atoms with van der Waals surface area (Å²) in [6, 6.07) is 12.2. The summed E-state index contributed by atoms with van der Waals surface area (Å²) in [5.41, 5.74) is 3.37. The van der Waals surface area contributed by atoms with Gasteiger partial charge in [0.25, 0.3) is 0 Å². The van der Waals surface area contributed by atoms with E-state index in [0.717, 1.165) is 22.6 Å². The summed E-state index contributed by atoms with van der Waals surface area (Å²) < 4.78 is 12.1. The maximum atomic E-state index is 5.45. The van der Waals surface area contributed by atoms with Gasteiger partial charge in [0.05, 0.1) is 19.8 Å². The summed E-state index contributed by atoms with van der Waals surface area (Å²) in [6.07, 6.45) is 0. The lowest BCUT2D eigenvalue weighted by Gasteiger charge is -2.15. The number of benzene rings is 2. The number of halogens is 1. The van der Waals surface area contributed by atoms with Gasteiger partial charge in [-0.2, -0.15) is 0 Å². The second-order valence-electron chi connectivity index (χ2n) is 4.02. The van der Waals surface area contributed by atoms with Crippen LogP contribution in [0.15, 0.2) is 36.4 Å². The second kappa shape index (κ2) is 5.61. The van der Waals surface area contributed by atoms with Crippen molar-refractivity contribution in [1.82, 2.24) is 0 Å². The van der Waals surface area contributed by atoms with Crippen LogP contribution in [0, 0.1) is 10.5 Å². The Balaban J connectivity index is 2.72. The molecule has 0 spiro atoms. The fourth-order valence-corrected chi connectivity index (χ4v) is 2.55. The number of rotatable bonds is 3. The van der Waals surface area contributed by atoms with E-state index in [0.29, 0.717) is 0 Å². The molecule has 2 aromatic rings. The van der Waals surface area contributed by atoms with Crippen LogP contribution in [0.3, 0.4) is 0 Å². The van der Waals surface area contributed by atoms with Crippen LogP contribution in [-0.2, 0) is 0 Å². The summed E-state index contributed by atoms with van der Waals surface area (Å²) in [5.74, 6) is 1.66. The maximum absolute atomic E-state index is 5.45. The van der Waals surface area contributed by atoms with E-state index in [-0.39, 0.29) is 0 Å². The molecule has 0 radical (unpaired) electrons. The third-order valence-corrected chi connectivity index (χ3v) is 3.76. The summed E-state index contributed by atoms with van der Waals surface area (Å²) in [7, 11) is 3.36. The molecule has 0 aliphatic heterocycles. The summed E-state index contributed by atoms with van der Waals surface area (Å²) >= 11 is 2.34. The molecule has 0 amide bonds. The van der Waals surface area contributed by atoms with Crippen LogP contribution in [-0.4, -0.2) is 14.2 Å². The van der Waals surface area contributed by atoms with Crippen LogP contribution in [0.1, 0.15) is 5.56 Å². The molecule has 0 aromatic heterocycles. The fraction of sp³-hybridized carbons (Fsp3) is 0.200. The second-order valence-corrected chi connectivity index (χ2v) is 5.18. The van der Waals surface area contributed by atoms with Gasteiger partial charge in [-0.1, -0.05) is 23.8 Å². The minimum Gasteiger partial charge on any atom is -0.496 e. The lowest BCUT2D eigenvalue weighted by molar-refractivity contribution is 0.397. The molecule has 0 atom stereocenters. The van der Waals surface area contributed by atoms with Gasteiger partial charge in [0.1, 0.15) is 11.5 Å². The Kier molecular flexibility index (Phi) is 4.11. The van der Waals surface area contributed by atoms with Gasteiger partial charge < -0.3 is 9.47 Å². The maximum Gasteiger partial charge on any atom is 0.130 e. The summed E-state index contributed by atoms with van der Waals surface area (Å²) in [4.78, 5) is 0. The van der Waals surface area contributed by atoms with E-state index in [1.54, 1.807) is 14.2 Å². The Morgan fingerprint density at radius 1 is 0.944 bits per heavy atom. The zero-order valence-corrected chi connectivity index (χ0v) is 12.8. The first-order valence-electron chi connectivity index (χ1n) is 5.65. The van der Waals surface area contributed by atoms with Crippen LogP contribution < -0.4 is 9.47 Å². The minimum absolute atomic E-state index is 0.831. The van der Waals surface area contributed by atoms with Crippen molar-refractivity contribution in [3.05, 3.63) is 45.5 Å². The molecule has 0 saturated heterocycles. The molecule has 3 heteroatoms. The highest BCUT2D eigenvalue weighted by atomic mass is 127. The highest BCUT2D eigenvalue weighted by molar-refractivity contribution is 14.1. The lowest BCUT2D eigenvalue weighted by Crippen LogP contribution is -1.94. The van der Waals surface area contributed by atoms with Crippen molar-refractivity contribution in [2.45, 2.75) is 6.92 Å². The highest BCUT2D eigenvalue weighted by Crippen LogP contribution is 2.40. The average molecular weight is 354 g/mol. The Morgan fingerprint density at radius 2 is 1.56 bits per heavy atom. The van der Waals surface area contributed by atoms with Crippen molar-refractivity contribution < 1.29 is 9.47 Å². The number of ether oxygens (including phenoxy) is 2. The molecule has 2 rings (SSSR count). The van der Waals surface area contributed by atoms with Crippen molar-refractivity contribution in [2.24, 2.45) is 0 Å². The number of aryl methyl sites for hydroxylation is 1. The third-order valence-electron chi connectivity index (χ3n) is 2.82. The molecule has 0 fully saturated rings. The minimum atomic E-state index is 0.831. The Morgan fingerprint density at radius 3 is 2.11 bits per heavy atom. The van der Waals surface area contributed by atoms with E-state index >= 15 is 0 Å². The predicted octanol–water partition coefficient (Wildman–Crippen LogP) is 4.28. The molecular weight excluding hydrogens is 339 g/mol. The van der Waals surface area contributed by atoms with Gasteiger partial charge in [-0.05, 0) is 47.7 Å². The van der Waals surface area contributed by atoms with Gasteiger partial charge in [-0.15, -0.1) is 0 Å². The molecule has 94 valence electrons. The predicted molar refractivity (Wildman–Crippen MR) is 82.4 cm³/mol. The summed E-state index contributed by atoms with van der Waals surface area (Å²) in [6.45, 7) is 2.08. The van der Waals surface area contributed by atoms with E-state index in [4.69, 9.17) is 9.47 Å². The SMILES string of the molecule is COc1cccc(OC)c1-c1cc(C)ccc1I. The first-order chi connectivity index (χ1) is 8.67. The van der Waals surface area contributed by atoms with Gasteiger partial charge in [0.2, 0.25) is 0 Å². The Bertz CT molecular complexity index is 542. The molecule has 18 heavy (non-hydrogen) atoms. The van der Waals surface area contributed by atoms with Gasteiger partial charge >= 0.3 is 0 Å². The van der Waals surface area contributed by atoms with Crippen LogP contribution in [0.25, 0.3) is 11.1 Å². The van der Waals surface area contributed by atoms with Crippen molar-refractivity contribution in [3.8, 4) is 22.6 Å². The van der Waals surface area contributed by atoms with E-state index in [9.17, 15) is 0 Å². The molecule has 2 aromatic carbocycles. The zero-order valence-electron chi connectivity index (χ0n) is 10.7. The normalized spacial score (nSPS) is 10.2. The highest BCUT2D eigenvalue weighted by Gasteiger charge is 2.14. The Hall–Kier alpha value is -1.23. The van der Waals surface area contributed by atoms with E-state index in [2.05, 4.69) is 47.7 Å². The third kappa shape index (κ3) is 2.46. The standard InChI is InChI=1S/C15H15IO2/c1-10-7-8-12(16)11(9-10)15-13(17-2)5-4-6-14(15)18-3/h4-9H,1-3H3. The number of methoxy groups -OCH3 is 2. The van der Waals surface area contributed by atoms with Gasteiger partial charge in [0, 0.05) is 9.13 Å². The molecule has 0 N–H and O–H groups in total. The van der Waals surface area contributed by atoms with E-state index in [1.165, 1.54) is 9.13 Å². The molecule has 0 unspecified atom stereocenters. The van der Waals surface area contributed by atoms with Crippen LogP contribution in [0.5, 0.6) is 11.5 Å². The van der Waals surface area contributed by atoms with Crippen molar-refractivity contribution in [1.29, 1.82) is 0 Å². The lowest BCUT2D eigenvalue weighted by atomic mass is 10.0. The molecule has 0 saturated carbocycles. The first kappa shape index (κ1) is 13.2. The fourth-order valence-electron chi connectivity index (χ4n) is 1.95. The Labute approximate surface area is 121 Å². The van der Waals surface area contributed by atoms with Crippen LogP contribution in [0.4, 0.5) is 0 Å². The molecule has 0 aliphatic carbocycles. The first-order valence-corrected chi connectivity index (χ1v) is 6.72. The van der Waals surface area contributed by atoms with Crippen molar-refractivity contribution >= 4 is 22.6 Å². The molecule has 0 bridgehead atoms.